The van der Waals surface area contributed by atoms with Crippen LogP contribution in [0.4, 0.5) is 0 Å². The largest absolute Gasteiger partial charge is 0.508 e. The van der Waals surface area contributed by atoms with E-state index < -0.39 is 5.91 Å². The molecule has 1 amide bonds. The van der Waals surface area contributed by atoms with Gasteiger partial charge < -0.3 is 20.3 Å². The third-order valence-electron chi connectivity index (χ3n) is 2.39. The van der Waals surface area contributed by atoms with Gasteiger partial charge in [0.25, 0.3) is 5.91 Å². The fourth-order valence-electron chi connectivity index (χ4n) is 1.51. The number of phenolic OH excluding ortho intramolecular Hbond substituents is 2. The SMILES string of the molecule is COCC(CCBr)NC(=O)c1ccc(O)cc1O. The second kappa shape index (κ2) is 7.23. The van der Waals surface area contributed by atoms with Gasteiger partial charge in [0.2, 0.25) is 0 Å². The number of hydrogen-bond acceptors (Lipinski definition) is 4. The lowest BCUT2D eigenvalue weighted by Crippen LogP contribution is -2.38. The molecule has 0 spiro atoms. The molecule has 18 heavy (non-hydrogen) atoms. The fraction of sp³-hybridized carbons (Fsp3) is 0.417. The smallest absolute Gasteiger partial charge is 0.255 e. The zero-order valence-electron chi connectivity index (χ0n) is 10.0. The minimum atomic E-state index is -0.393. The first-order valence-electron chi connectivity index (χ1n) is 5.46. The summed E-state index contributed by atoms with van der Waals surface area (Å²) in [5.74, 6) is -0.726. The van der Waals surface area contributed by atoms with Crippen molar-refractivity contribution in [3.63, 3.8) is 0 Å². The van der Waals surface area contributed by atoms with Gasteiger partial charge in [0.05, 0.1) is 18.2 Å². The number of carbonyl (C=O) groups excluding carboxylic acids is 1. The number of amides is 1. The monoisotopic (exact) mass is 317 g/mol. The number of hydrogen-bond donors (Lipinski definition) is 3. The van der Waals surface area contributed by atoms with Crippen molar-refractivity contribution in [3.05, 3.63) is 23.8 Å². The van der Waals surface area contributed by atoms with E-state index in [1.165, 1.54) is 12.1 Å². The van der Waals surface area contributed by atoms with Crippen molar-refractivity contribution in [3.8, 4) is 11.5 Å². The Kier molecular flexibility index (Phi) is 5.94. The predicted octanol–water partition coefficient (Wildman–Crippen LogP) is 1.63. The second-order valence-electron chi connectivity index (χ2n) is 3.80. The Morgan fingerprint density at radius 1 is 1.50 bits per heavy atom. The van der Waals surface area contributed by atoms with Gasteiger partial charge in [-0.25, -0.2) is 0 Å². The van der Waals surface area contributed by atoms with E-state index >= 15 is 0 Å². The molecule has 5 nitrogen and oxygen atoms in total. The molecule has 0 radical (unpaired) electrons. The topological polar surface area (TPSA) is 78.8 Å². The molecule has 1 rings (SSSR count). The van der Waals surface area contributed by atoms with Crippen LogP contribution in [0.15, 0.2) is 18.2 Å². The Morgan fingerprint density at radius 2 is 2.22 bits per heavy atom. The average molecular weight is 318 g/mol. The van der Waals surface area contributed by atoms with Crippen molar-refractivity contribution < 1.29 is 19.7 Å². The maximum absolute atomic E-state index is 11.9. The van der Waals surface area contributed by atoms with Crippen LogP contribution in [0.1, 0.15) is 16.8 Å². The number of phenols is 2. The summed E-state index contributed by atoms with van der Waals surface area (Å²) in [5.41, 5.74) is 0.128. The number of nitrogens with one attached hydrogen (secondary N) is 1. The highest BCUT2D eigenvalue weighted by atomic mass is 79.9. The molecular formula is C12H16BrNO4. The van der Waals surface area contributed by atoms with Crippen LogP contribution in [-0.2, 0) is 4.74 Å². The van der Waals surface area contributed by atoms with Crippen molar-refractivity contribution in [2.45, 2.75) is 12.5 Å². The van der Waals surface area contributed by atoms with Crippen molar-refractivity contribution >= 4 is 21.8 Å². The van der Waals surface area contributed by atoms with Crippen LogP contribution in [-0.4, -0.2) is 41.2 Å². The number of aromatic hydroxyl groups is 2. The molecule has 100 valence electrons. The van der Waals surface area contributed by atoms with Crippen LogP contribution in [0.5, 0.6) is 11.5 Å². The van der Waals surface area contributed by atoms with Gasteiger partial charge in [-0.1, -0.05) is 15.9 Å². The molecule has 0 aromatic heterocycles. The molecule has 3 N–H and O–H groups in total. The molecule has 0 aliphatic heterocycles. The molecule has 6 heteroatoms. The summed E-state index contributed by atoms with van der Waals surface area (Å²) in [7, 11) is 1.56. The number of rotatable bonds is 6. The Morgan fingerprint density at radius 3 is 2.78 bits per heavy atom. The predicted molar refractivity (Wildman–Crippen MR) is 71.3 cm³/mol. The van der Waals surface area contributed by atoms with Crippen LogP contribution < -0.4 is 5.32 Å². The van der Waals surface area contributed by atoms with E-state index in [4.69, 9.17) is 9.84 Å². The molecule has 0 fully saturated rings. The van der Waals surface area contributed by atoms with E-state index in [1.807, 2.05) is 0 Å². The number of carbonyl (C=O) groups is 1. The minimum absolute atomic E-state index is 0.0852. The van der Waals surface area contributed by atoms with Crippen molar-refractivity contribution in [2.75, 3.05) is 19.0 Å². The highest BCUT2D eigenvalue weighted by molar-refractivity contribution is 9.09. The summed E-state index contributed by atoms with van der Waals surface area (Å²) in [6.07, 6.45) is 0.721. The van der Waals surface area contributed by atoms with E-state index in [0.29, 0.717) is 6.61 Å². The summed E-state index contributed by atoms with van der Waals surface area (Å²) in [6.45, 7) is 0.399. The maximum Gasteiger partial charge on any atom is 0.255 e. The second-order valence-corrected chi connectivity index (χ2v) is 4.60. The summed E-state index contributed by atoms with van der Waals surface area (Å²) in [4.78, 5) is 11.9. The number of methoxy groups -OCH3 is 1. The van der Waals surface area contributed by atoms with Crippen LogP contribution >= 0.6 is 15.9 Å². The van der Waals surface area contributed by atoms with E-state index in [9.17, 15) is 9.90 Å². The Balaban J connectivity index is 2.73. The number of benzene rings is 1. The van der Waals surface area contributed by atoms with Crippen molar-refractivity contribution in [1.82, 2.24) is 5.32 Å². The zero-order chi connectivity index (χ0) is 13.5. The van der Waals surface area contributed by atoms with Gasteiger partial charge in [-0.05, 0) is 18.6 Å². The maximum atomic E-state index is 11.9. The molecule has 0 saturated carbocycles. The van der Waals surface area contributed by atoms with Gasteiger partial charge in [-0.15, -0.1) is 0 Å². The van der Waals surface area contributed by atoms with E-state index in [1.54, 1.807) is 7.11 Å². The van der Waals surface area contributed by atoms with Gasteiger partial charge in [-0.2, -0.15) is 0 Å². The lowest BCUT2D eigenvalue weighted by Gasteiger charge is -2.17. The van der Waals surface area contributed by atoms with Crippen LogP contribution in [0, 0.1) is 0 Å². The molecule has 0 saturated heterocycles. The van der Waals surface area contributed by atoms with E-state index in [2.05, 4.69) is 21.2 Å². The molecule has 1 aromatic rings. The number of alkyl halides is 1. The first-order valence-corrected chi connectivity index (χ1v) is 6.58. The molecule has 0 aliphatic carbocycles. The molecule has 0 bridgehead atoms. The lowest BCUT2D eigenvalue weighted by molar-refractivity contribution is 0.0893. The van der Waals surface area contributed by atoms with Gasteiger partial charge in [-0.3, -0.25) is 4.79 Å². The first kappa shape index (κ1) is 14.8. The quantitative estimate of drug-likeness (QED) is 0.697. The third kappa shape index (κ3) is 4.19. The highest BCUT2D eigenvalue weighted by Crippen LogP contribution is 2.22. The average Bonchev–Trinajstić information content (AvgIpc) is 2.29. The van der Waals surface area contributed by atoms with Gasteiger partial charge in [0.1, 0.15) is 11.5 Å². The fourth-order valence-corrected chi connectivity index (χ4v) is 2.06. The van der Waals surface area contributed by atoms with Crippen molar-refractivity contribution in [2.24, 2.45) is 0 Å². The van der Waals surface area contributed by atoms with Crippen LogP contribution in [0.2, 0.25) is 0 Å². The van der Waals surface area contributed by atoms with Gasteiger partial charge in [0, 0.05) is 18.5 Å². The molecule has 1 atom stereocenters. The standard InChI is InChI=1S/C12H16BrNO4/c1-18-7-8(4-5-13)14-12(17)10-3-2-9(15)6-11(10)16/h2-3,6,8,15-16H,4-5,7H2,1H3,(H,14,17). The van der Waals surface area contributed by atoms with Gasteiger partial charge >= 0.3 is 0 Å². The molecule has 1 unspecified atom stereocenters. The molecule has 0 heterocycles. The Bertz CT molecular complexity index is 405. The lowest BCUT2D eigenvalue weighted by atomic mass is 10.1. The van der Waals surface area contributed by atoms with E-state index in [-0.39, 0.29) is 23.1 Å². The zero-order valence-corrected chi connectivity index (χ0v) is 11.6. The Hall–Kier alpha value is -1.27. The van der Waals surface area contributed by atoms with Gasteiger partial charge in [0.15, 0.2) is 0 Å². The summed E-state index contributed by atoms with van der Waals surface area (Å²) < 4.78 is 5.00. The highest BCUT2D eigenvalue weighted by Gasteiger charge is 2.16. The summed E-state index contributed by atoms with van der Waals surface area (Å²) >= 11 is 3.30. The summed E-state index contributed by atoms with van der Waals surface area (Å²) in [5, 5.41) is 22.2. The third-order valence-corrected chi connectivity index (χ3v) is 2.84. The first-order chi connectivity index (χ1) is 8.58. The summed E-state index contributed by atoms with van der Waals surface area (Å²) in [6, 6.07) is 3.72. The number of halogens is 1. The molecule has 0 aliphatic rings. The van der Waals surface area contributed by atoms with Crippen LogP contribution in [0.25, 0.3) is 0 Å². The molecular weight excluding hydrogens is 302 g/mol. The molecule has 1 aromatic carbocycles. The normalized spacial score (nSPS) is 12.1. The van der Waals surface area contributed by atoms with Crippen molar-refractivity contribution in [1.29, 1.82) is 0 Å². The number of ether oxygens (including phenoxy) is 1. The van der Waals surface area contributed by atoms with Crippen LogP contribution in [0.3, 0.4) is 0 Å². The van der Waals surface area contributed by atoms with E-state index in [0.717, 1.165) is 17.8 Å². The Labute approximate surface area is 114 Å². The minimum Gasteiger partial charge on any atom is -0.508 e.